The van der Waals surface area contributed by atoms with Crippen LogP contribution in [-0.2, 0) is 6.54 Å². The Morgan fingerprint density at radius 3 is 3.05 bits per heavy atom. The van der Waals surface area contributed by atoms with Crippen LogP contribution in [0.2, 0.25) is 0 Å². The number of aromatic amines is 1. The van der Waals surface area contributed by atoms with Crippen LogP contribution in [0, 0.1) is 0 Å². The fourth-order valence-corrected chi connectivity index (χ4v) is 2.41. The molecule has 3 aromatic heterocycles. The van der Waals surface area contributed by atoms with Gasteiger partial charge in [0.1, 0.15) is 5.82 Å². The summed E-state index contributed by atoms with van der Waals surface area (Å²) in [6.07, 6.45) is 3.65. The molecule has 1 aliphatic carbocycles. The van der Waals surface area contributed by atoms with Crippen LogP contribution in [0.4, 0.5) is 5.95 Å². The van der Waals surface area contributed by atoms with Crippen molar-refractivity contribution >= 4 is 11.6 Å². The number of nitrogens with zero attached hydrogens (tertiary/aromatic N) is 6. The first-order valence-electron chi connectivity index (χ1n) is 7.25. The van der Waals surface area contributed by atoms with E-state index in [1.165, 1.54) is 19.3 Å². The number of fused-ring (bicyclic) bond motifs is 1. The highest BCUT2D eigenvalue weighted by molar-refractivity contribution is 5.38. The topological polar surface area (TPSA) is 106 Å². The molecule has 22 heavy (non-hydrogen) atoms. The third kappa shape index (κ3) is 2.24. The Hall–Kier alpha value is -2.71. The van der Waals surface area contributed by atoms with Crippen molar-refractivity contribution in [1.29, 1.82) is 0 Å². The van der Waals surface area contributed by atoms with Gasteiger partial charge in [-0.05, 0) is 18.9 Å². The molecule has 9 heteroatoms. The van der Waals surface area contributed by atoms with E-state index in [0.29, 0.717) is 35.8 Å². The third-order valence-electron chi connectivity index (χ3n) is 3.91. The van der Waals surface area contributed by atoms with E-state index in [1.807, 2.05) is 6.07 Å². The van der Waals surface area contributed by atoms with Crippen molar-refractivity contribution in [2.45, 2.75) is 31.7 Å². The molecule has 3 heterocycles. The molecule has 1 fully saturated rings. The first-order valence-corrected chi connectivity index (χ1v) is 7.25. The van der Waals surface area contributed by atoms with Gasteiger partial charge in [-0.3, -0.25) is 5.10 Å². The normalized spacial score (nSPS) is 15.0. The number of H-pyrrole nitrogens is 1. The summed E-state index contributed by atoms with van der Waals surface area (Å²) in [6.45, 7) is 0.434. The smallest absolute Gasteiger partial charge is 0.242 e. The lowest BCUT2D eigenvalue weighted by molar-refractivity contribution is 0.389. The average Bonchev–Trinajstić information content (AvgIpc) is 3.09. The summed E-state index contributed by atoms with van der Waals surface area (Å²) in [7, 11) is 1.58. The van der Waals surface area contributed by atoms with Gasteiger partial charge >= 0.3 is 0 Å². The maximum Gasteiger partial charge on any atom is 0.242 e. The molecule has 0 aliphatic heterocycles. The van der Waals surface area contributed by atoms with Crippen LogP contribution in [0.3, 0.4) is 0 Å². The van der Waals surface area contributed by atoms with Crippen LogP contribution in [-0.4, -0.2) is 42.1 Å². The van der Waals surface area contributed by atoms with E-state index in [-0.39, 0.29) is 0 Å². The number of rotatable bonds is 5. The van der Waals surface area contributed by atoms with E-state index in [0.717, 1.165) is 5.82 Å². The minimum atomic E-state index is 0.434. The van der Waals surface area contributed by atoms with Crippen molar-refractivity contribution in [2.24, 2.45) is 0 Å². The number of nitrogens with one attached hydrogen (secondary N) is 2. The minimum absolute atomic E-state index is 0.434. The molecule has 3 aromatic rings. The molecule has 9 nitrogen and oxygen atoms in total. The number of hydrogen-bond acceptors (Lipinski definition) is 7. The maximum absolute atomic E-state index is 5.12. The molecule has 0 radical (unpaired) electrons. The van der Waals surface area contributed by atoms with Gasteiger partial charge in [0, 0.05) is 12.0 Å². The minimum Gasteiger partial charge on any atom is -0.480 e. The quantitative estimate of drug-likeness (QED) is 0.727. The predicted molar refractivity (Wildman–Crippen MR) is 77.6 cm³/mol. The molecule has 0 aromatic carbocycles. The zero-order valence-corrected chi connectivity index (χ0v) is 12.2. The van der Waals surface area contributed by atoms with Crippen LogP contribution < -0.4 is 10.1 Å². The highest BCUT2D eigenvalue weighted by Crippen LogP contribution is 2.34. The first-order chi connectivity index (χ1) is 10.8. The highest BCUT2D eigenvalue weighted by Gasteiger charge is 2.23. The van der Waals surface area contributed by atoms with Crippen LogP contribution in [0.25, 0.3) is 5.65 Å². The lowest BCUT2D eigenvalue weighted by Crippen LogP contribution is -2.10. The van der Waals surface area contributed by atoms with E-state index in [1.54, 1.807) is 17.7 Å². The zero-order chi connectivity index (χ0) is 14.9. The molecule has 0 bridgehead atoms. The van der Waals surface area contributed by atoms with Gasteiger partial charge in [-0.1, -0.05) is 6.42 Å². The Kier molecular flexibility index (Phi) is 3.10. The lowest BCUT2D eigenvalue weighted by Gasteiger charge is -2.22. The standard InChI is InChI=1S/C13H16N8O/c1-22-11-6-5-9-16-17-10(21(9)20-11)7-14-13-15-12(18-19-13)8-3-2-4-8/h5-6,8H,2-4,7H2,1H3,(H2,14,15,18,19). The molecular weight excluding hydrogens is 284 g/mol. The van der Waals surface area contributed by atoms with Gasteiger partial charge in [0.2, 0.25) is 11.8 Å². The molecule has 0 atom stereocenters. The van der Waals surface area contributed by atoms with Gasteiger partial charge in [0.05, 0.1) is 13.7 Å². The first kappa shape index (κ1) is 13.0. The molecule has 1 aliphatic rings. The number of methoxy groups -OCH3 is 1. The molecule has 0 spiro atoms. The van der Waals surface area contributed by atoms with Gasteiger partial charge in [-0.2, -0.15) is 9.50 Å². The monoisotopic (exact) mass is 300 g/mol. The van der Waals surface area contributed by atoms with Crippen molar-refractivity contribution in [3.05, 3.63) is 23.8 Å². The predicted octanol–water partition coefficient (Wildman–Crippen LogP) is 1.13. The van der Waals surface area contributed by atoms with Crippen LogP contribution in [0.1, 0.15) is 36.8 Å². The largest absolute Gasteiger partial charge is 0.480 e. The molecule has 0 unspecified atom stereocenters. The van der Waals surface area contributed by atoms with Crippen molar-refractivity contribution in [3.8, 4) is 5.88 Å². The van der Waals surface area contributed by atoms with Crippen molar-refractivity contribution in [2.75, 3.05) is 12.4 Å². The van der Waals surface area contributed by atoms with Gasteiger partial charge in [0.15, 0.2) is 11.5 Å². The van der Waals surface area contributed by atoms with Crippen LogP contribution in [0.15, 0.2) is 12.1 Å². The van der Waals surface area contributed by atoms with Crippen molar-refractivity contribution in [1.82, 2.24) is 35.0 Å². The van der Waals surface area contributed by atoms with Crippen molar-refractivity contribution in [3.63, 3.8) is 0 Å². The molecule has 0 saturated heterocycles. The fourth-order valence-electron chi connectivity index (χ4n) is 2.41. The maximum atomic E-state index is 5.12. The highest BCUT2D eigenvalue weighted by atomic mass is 16.5. The lowest BCUT2D eigenvalue weighted by atomic mass is 9.85. The Morgan fingerprint density at radius 1 is 1.36 bits per heavy atom. The fraction of sp³-hybridized carbons (Fsp3) is 0.462. The average molecular weight is 300 g/mol. The van der Waals surface area contributed by atoms with E-state index < -0.39 is 0 Å². The summed E-state index contributed by atoms with van der Waals surface area (Å²) in [6, 6.07) is 3.56. The number of anilines is 1. The van der Waals surface area contributed by atoms with E-state index >= 15 is 0 Å². The number of aromatic nitrogens is 7. The summed E-state index contributed by atoms with van der Waals surface area (Å²) >= 11 is 0. The van der Waals surface area contributed by atoms with E-state index in [4.69, 9.17) is 4.74 Å². The van der Waals surface area contributed by atoms with E-state index in [9.17, 15) is 0 Å². The second-order valence-corrected chi connectivity index (χ2v) is 5.29. The summed E-state index contributed by atoms with van der Waals surface area (Å²) in [5.74, 6) is 3.24. The van der Waals surface area contributed by atoms with Gasteiger partial charge in [0.25, 0.3) is 0 Å². The molecule has 0 amide bonds. The van der Waals surface area contributed by atoms with Crippen molar-refractivity contribution < 1.29 is 4.74 Å². The summed E-state index contributed by atoms with van der Waals surface area (Å²) in [5, 5.41) is 22.8. The van der Waals surface area contributed by atoms with E-state index in [2.05, 4.69) is 35.8 Å². The zero-order valence-electron chi connectivity index (χ0n) is 12.2. The molecule has 2 N–H and O–H groups in total. The van der Waals surface area contributed by atoms with Gasteiger partial charge < -0.3 is 10.1 Å². The molecular formula is C13H16N8O. The third-order valence-corrected chi connectivity index (χ3v) is 3.91. The summed E-state index contributed by atoms with van der Waals surface area (Å²) in [5.41, 5.74) is 0.669. The summed E-state index contributed by atoms with van der Waals surface area (Å²) in [4.78, 5) is 4.47. The Bertz CT molecular complexity index is 790. The Labute approximate surface area is 126 Å². The van der Waals surface area contributed by atoms with Crippen LogP contribution in [0.5, 0.6) is 5.88 Å². The Balaban J connectivity index is 1.50. The number of hydrogen-bond donors (Lipinski definition) is 2. The molecule has 4 rings (SSSR count). The molecule has 114 valence electrons. The van der Waals surface area contributed by atoms with Gasteiger partial charge in [-0.25, -0.2) is 0 Å². The van der Waals surface area contributed by atoms with Gasteiger partial charge in [-0.15, -0.1) is 20.4 Å². The summed E-state index contributed by atoms with van der Waals surface area (Å²) < 4.78 is 6.76. The van der Waals surface area contributed by atoms with Crippen LogP contribution >= 0.6 is 0 Å². The SMILES string of the molecule is COc1ccc2nnc(CNc3n[nH]c(C4CCC4)n3)n2n1. The second kappa shape index (κ2) is 5.24. The number of ether oxygens (including phenoxy) is 1. The molecule has 1 saturated carbocycles. The second-order valence-electron chi connectivity index (χ2n) is 5.29. The Morgan fingerprint density at radius 2 is 2.27 bits per heavy atom.